The molecule has 0 bridgehead atoms. The number of likely N-dealkylation sites (N-methyl/N-ethyl adjacent to an activating group) is 1. The molecule has 4 nitrogen and oxygen atoms in total. The van der Waals surface area contributed by atoms with Gasteiger partial charge < -0.3 is 10.4 Å². The van der Waals surface area contributed by atoms with Gasteiger partial charge in [0.2, 0.25) is 5.91 Å². The molecule has 0 saturated carbocycles. The van der Waals surface area contributed by atoms with E-state index in [2.05, 4.69) is 19.2 Å². The molecular formula is C13H22N2O2S. The standard InChI is InChI=1S/C13H22N2O2S/c1-5-15(6-7-16)8-12(17)14-13-10(3)9(2)11(4)18-13/h16H,5-8H2,1-4H3,(H,14,17). The third-order valence-corrected chi connectivity index (χ3v) is 4.39. The Bertz CT molecular complexity index is 415. The molecule has 1 aromatic rings. The first-order chi connectivity index (χ1) is 8.49. The van der Waals surface area contributed by atoms with E-state index in [9.17, 15) is 4.79 Å². The number of carbonyl (C=O) groups is 1. The molecule has 1 rings (SSSR count). The second-order valence-electron chi connectivity index (χ2n) is 4.38. The van der Waals surface area contributed by atoms with Crippen molar-refractivity contribution in [2.75, 3.05) is 31.6 Å². The highest BCUT2D eigenvalue weighted by Gasteiger charge is 2.13. The monoisotopic (exact) mass is 270 g/mol. The van der Waals surface area contributed by atoms with Crippen LogP contribution in [-0.2, 0) is 4.79 Å². The molecule has 1 aromatic heterocycles. The quantitative estimate of drug-likeness (QED) is 0.830. The third-order valence-electron chi connectivity index (χ3n) is 3.17. The molecule has 0 atom stereocenters. The zero-order valence-electron chi connectivity index (χ0n) is 11.5. The molecule has 0 aromatic carbocycles. The number of aliphatic hydroxyl groups is 1. The van der Waals surface area contributed by atoms with E-state index in [1.165, 1.54) is 10.4 Å². The van der Waals surface area contributed by atoms with Gasteiger partial charge in [-0.15, -0.1) is 11.3 Å². The zero-order valence-corrected chi connectivity index (χ0v) is 12.4. The summed E-state index contributed by atoms with van der Waals surface area (Å²) in [5.41, 5.74) is 2.40. The number of anilines is 1. The summed E-state index contributed by atoms with van der Waals surface area (Å²) in [5.74, 6) is -0.0188. The Balaban J connectivity index is 2.61. The predicted octanol–water partition coefficient (Wildman–Crippen LogP) is 1.93. The molecule has 0 radical (unpaired) electrons. The Morgan fingerprint density at radius 1 is 1.33 bits per heavy atom. The number of rotatable bonds is 6. The number of aryl methyl sites for hydroxylation is 1. The summed E-state index contributed by atoms with van der Waals surface area (Å²) in [6.45, 7) is 9.84. The van der Waals surface area contributed by atoms with Gasteiger partial charge in [-0.3, -0.25) is 9.69 Å². The maximum Gasteiger partial charge on any atom is 0.239 e. The van der Waals surface area contributed by atoms with Crippen molar-refractivity contribution in [3.63, 3.8) is 0 Å². The summed E-state index contributed by atoms with van der Waals surface area (Å²) >= 11 is 1.62. The molecule has 102 valence electrons. The highest BCUT2D eigenvalue weighted by molar-refractivity contribution is 7.16. The second-order valence-corrected chi connectivity index (χ2v) is 5.60. The lowest BCUT2D eigenvalue weighted by molar-refractivity contribution is -0.117. The average Bonchev–Trinajstić information content (AvgIpc) is 2.56. The molecular weight excluding hydrogens is 248 g/mol. The molecule has 0 spiro atoms. The van der Waals surface area contributed by atoms with E-state index in [1.54, 1.807) is 11.3 Å². The van der Waals surface area contributed by atoms with Gasteiger partial charge in [0.25, 0.3) is 0 Å². The number of carbonyl (C=O) groups excluding carboxylic acids is 1. The molecule has 0 aliphatic heterocycles. The molecule has 2 N–H and O–H groups in total. The number of hydrogen-bond acceptors (Lipinski definition) is 4. The van der Waals surface area contributed by atoms with E-state index in [0.717, 1.165) is 17.1 Å². The van der Waals surface area contributed by atoms with Crippen LogP contribution >= 0.6 is 11.3 Å². The molecule has 18 heavy (non-hydrogen) atoms. The van der Waals surface area contributed by atoms with Crippen LogP contribution in [0.25, 0.3) is 0 Å². The van der Waals surface area contributed by atoms with E-state index >= 15 is 0 Å². The van der Waals surface area contributed by atoms with Crippen LogP contribution in [-0.4, -0.2) is 42.2 Å². The fourth-order valence-corrected chi connectivity index (χ4v) is 2.80. The van der Waals surface area contributed by atoms with Crippen LogP contribution in [0.1, 0.15) is 22.9 Å². The van der Waals surface area contributed by atoms with Crippen LogP contribution in [0, 0.1) is 20.8 Å². The number of hydrogen-bond donors (Lipinski definition) is 2. The summed E-state index contributed by atoms with van der Waals surface area (Å²) in [4.78, 5) is 15.1. The van der Waals surface area contributed by atoms with Gasteiger partial charge in [-0.2, -0.15) is 0 Å². The largest absolute Gasteiger partial charge is 0.395 e. The highest BCUT2D eigenvalue weighted by Crippen LogP contribution is 2.31. The maximum atomic E-state index is 11.9. The van der Waals surface area contributed by atoms with E-state index in [0.29, 0.717) is 13.1 Å². The van der Waals surface area contributed by atoms with Crippen LogP contribution < -0.4 is 5.32 Å². The lowest BCUT2D eigenvalue weighted by Crippen LogP contribution is -2.35. The van der Waals surface area contributed by atoms with Gasteiger partial charge in [-0.1, -0.05) is 6.92 Å². The van der Waals surface area contributed by atoms with Gasteiger partial charge in [0.1, 0.15) is 0 Å². The van der Waals surface area contributed by atoms with Crippen LogP contribution in [0.5, 0.6) is 0 Å². The number of aliphatic hydroxyl groups excluding tert-OH is 1. The lowest BCUT2D eigenvalue weighted by Gasteiger charge is -2.18. The topological polar surface area (TPSA) is 52.6 Å². The second kappa shape index (κ2) is 6.87. The number of nitrogens with zero attached hydrogens (tertiary/aromatic N) is 1. The van der Waals surface area contributed by atoms with Gasteiger partial charge in [0.05, 0.1) is 18.2 Å². The zero-order chi connectivity index (χ0) is 13.7. The van der Waals surface area contributed by atoms with Crippen molar-refractivity contribution in [1.29, 1.82) is 0 Å². The van der Waals surface area contributed by atoms with Crippen molar-refractivity contribution in [1.82, 2.24) is 4.90 Å². The first-order valence-electron chi connectivity index (χ1n) is 6.19. The van der Waals surface area contributed by atoms with Crippen LogP contribution in [0.4, 0.5) is 5.00 Å². The summed E-state index contributed by atoms with van der Waals surface area (Å²) < 4.78 is 0. The van der Waals surface area contributed by atoms with Gasteiger partial charge in [-0.25, -0.2) is 0 Å². The fourth-order valence-electron chi connectivity index (χ4n) is 1.72. The Hall–Kier alpha value is -0.910. The minimum Gasteiger partial charge on any atom is -0.395 e. The molecule has 1 heterocycles. The van der Waals surface area contributed by atoms with Gasteiger partial charge in [0.15, 0.2) is 0 Å². The Labute approximate surface area is 113 Å². The summed E-state index contributed by atoms with van der Waals surface area (Å²) in [5, 5.41) is 12.8. The van der Waals surface area contributed by atoms with E-state index in [-0.39, 0.29) is 12.5 Å². The van der Waals surface area contributed by atoms with Crippen LogP contribution in [0.15, 0.2) is 0 Å². The first kappa shape index (κ1) is 15.1. The van der Waals surface area contributed by atoms with Crippen LogP contribution in [0.2, 0.25) is 0 Å². The Morgan fingerprint density at radius 3 is 2.44 bits per heavy atom. The van der Waals surface area contributed by atoms with Crippen LogP contribution in [0.3, 0.4) is 0 Å². The van der Waals surface area contributed by atoms with Gasteiger partial charge in [-0.05, 0) is 38.4 Å². The average molecular weight is 270 g/mol. The molecule has 0 fully saturated rings. The fraction of sp³-hybridized carbons (Fsp3) is 0.615. The number of nitrogens with one attached hydrogen (secondary N) is 1. The third kappa shape index (κ3) is 3.80. The van der Waals surface area contributed by atoms with E-state index < -0.39 is 0 Å². The van der Waals surface area contributed by atoms with Crippen molar-refractivity contribution in [3.8, 4) is 0 Å². The highest BCUT2D eigenvalue weighted by atomic mass is 32.1. The van der Waals surface area contributed by atoms with Crippen molar-refractivity contribution >= 4 is 22.2 Å². The summed E-state index contributed by atoms with van der Waals surface area (Å²) in [6, 6.07) is 0. The normalized spacial score (nSPS) is 11.0. The van der Waals surface area contributed by atoms with Crippen molar-refractivity contribution in [2.45, 2.75) is 27.7 Å². The molecule has 1 amide bonds. The van der Waals surface area contributed by atoms with Crippen molar-refractivity contribution in [3.05, 3.63) is 16.0 Å². The molecule has 0 aliphatic carbocycles. The number of amides is 1. The minimum atomic E-state index is -0.0188. The van der Waals surface area contributed by atoms with Crippen molar-refractivity contribution in [2.24, 2.45) is 0 Å². The lowest BCUT2D eigenvalue weighted by atomic mass is 10.2. The van der Waals surface area contributed by atoms with E-state index in [4.69, 9.17) is 5.11 Å². The van der Waals surface area contributed by atoms with Crippen molar-refractivity contribution < 1.29 is 9.90 Å². The smallest absolute Gasteiger partial charge is 0.239 e. The minimum absolute atomic E-state index is 0.0188. The molecule has 5 heteroatoms. The summed E-state index contributed by atoms with van der Waals surface area (Å²) in [6.07, 6.45) is 0. The van der Waals surface area contributed by atoms with Gasteiger partial charge >= 0.3 is 0 Å². The maximum absolute atomic E-state index is 11.9. The van der Waals surface area contributed by atoms with Gasteiger partial charge in [0, 0.05) is 11.4 Å². The molecule has 0 unspecified atom stereocenters. The molecule has 0 saturated heterocycles. The Kier molecular flexibility index (Phi) is 5.78. The SMILES string of the molecule is CCN(CCO)CC(=O)Nc1sc(C)c(C)c1C. The molecule has 0 aliphatic rings. The Morgan fingerprint density at radius 2 is 2.00 bits per heavy atom. The predicted molar refractivity (Wildman–Crippen MR) is 76.4 cm³/mol. The van der Waals surface area contributed by atoms with E-state index in [1.807, 2.05) is 18.7 Å². The summed E-state index contributed by atoms with van der Waals surface area (Å²) in [7, 11) is 0. The first-order valence-corrected chi connectivity index (χ1v) is 7.00. The number of thiophene rings is 1.